The molecule has 0 amide bonds. The molecule has 1 aliphatic rings. The van der Waals surface area contributed by atoms with Crippen molar-refractivity contribution in [2.24, 2.45) is 5.73 Å². The molecule has 0 aliphatic carbocycles. The molecule has 1 fully saturated rings. The van der Waals surface area contributed by atoms with Gasteiger partial charge < -0.3 is 5.73 Å². The molecule has 0 aromatic rings. The molecule has 0 bridgehead atoms. The molecule has 1 aliphatic heterocycles. The summed E-state index contributed by atoms with van der Waals surface area (Å²) in [6.07, 6.45) is 0. The molecule has 0 radical (unpaired) electrons. The third-order valence-electron chi connectivity index (χ3n) is 2.33. The molecule has 2 nitrogen and oxygen atoms in total. The van der Waals surface area contributed by atoms with E-state index in [4.69, 9.17) is 5.73 Å². The fraction of sp³-hybridized carbons (Fsp3) is 1.00. The normalized spacial score (nSPS) is 30.3. The van der Waals surface area contributed by atoms with Crippen molar-refractivity contribution in [2.45, 2.75) is 25.9 Å². The van der Waals surface area contributed by atoms with E-state index in [0.29, 0.717) is 12.1 Å². The second-order valence-electron chi connectivity index (χ2n) is 3.25. The predicted octanol–water partition coefficient (Wildman–Crippen LogP) is 0.771. The Morgan fingerprint density at radius 2 is 2.45 bits per heavy atom. The predicted molar refractivity (Wildman–Crippen MR) is 52.0 cm³/mol. The minimum absolute atomic E-state index is 0.561. The number of hydrogen-bond donors (Lipinski definition) is 1. The molecule has 2 unspecified atom stereocenters. The summed E-state index contributed by atoms with van der Waals surface area (Å²) in [7, 11) is 0. The number of nitrogens with zero attached hydrogens (tertiary/aromatic N) is 1. The molecule has 3 heteroatoms. The summed E-state index contributed by atoms with van der Waals surface area (Å²) in [6, 6.07) is 1.28. The lowest BCUT2D eigenvalue weighted by Crippen LogP contribution is -2.48. The van der Waals surface area contributed by atoms with Gasteiger partial charge in [-0.2, -0.15) is 11.8 Å². The van der Waals surface area contributed by atoms with Crippen LogP contribution in [0.4, 0.5) is 0 Å². The van der Waals surface area contributed by atoms with E-state index >= 15 is 0 Å². The lowest BCUT2D eigenvalue weighted by molar-refractivity contribution is 0.177. The third-order valence-corrected chi connectivity index (χ3v) is 3.52. The van der Waals surface area contributed by atoms with Gasteiger partial charge in [-0.05, 0) is 13.8 Å². The van der Waals surface area contributed by atoms with Crippen molar-refractivity contribution in [2.75, 3.05) is 24.6 Å². The monoisotopic (exact) mass is 174 g/mol. The summed E-state index contributed by atoms with van der Waals surface area (Å²) in [4.78, 5) is 2.51. The lowest BCUT2D eigenvalue weighted by atomic mass is 10.2. The molecule has 0 aromatic heterocycles. The van der Waals surface area contributed by atoms with Gasteiger partial charge >= 0.3 is 0 Å². The van der Waals surface area contributed by atoms with Crippen LogP contribution in [0.25, 0.3) is 0 Å². The molecule has 1 saturated heterocycles. The minimum Gasteiger partial charge on any atom is -0.329 e. The average Bonchev–Trinajstić information content (AvgIpc) is 2.04. The van der Waals surface area contributed by atoms with E-state index in [0.717, 1.165) is 6.54 Å². The molecule has 0 aromatic carbocycles. The minimum atomic E-state index is 0.561. The average molecular weight is 174 g/mol. The van der Waals surface area contributed by atoms with Crippen LogP contribution in [-0.4, -0.2) is 41.6 Å². The van der Waals surface area contributed by atoms with E-state index in [2.05, 4.69) is 30.5 Å². The van der Waals surface area contributed by atoms with Crippen LogP contribution in [0.15, 0.2) is 0 Å². The van der Waals surface area contributed by atoms with Crippen molar-refractivity contribution < 1.29 is 0 Å². The van der Waals surface area contributed by atoms with E-state index in [1.54, 1.807) is 0 Å². The second kappa shape index (κ2) is 4.33. The highest BCUT2D eigenvalue weighted by molar-refractivity contribution is 7.99. The van der Waals surface area contributed by atoms with Crippen molar-refractivity contribution in [3.05, 3.63) is 0 Å². The molecule has 11 heavy (non-hydrogen) atoms. The molecule has 66 valence electrons. The molecule has 2 N–H and O–H groups in total. The summed E-state index contributed by atoms with van der Waals surface area (Å²) in [5.74, 6) is 2.54. The van der Waals surface area contributed by atoms with Gasteiger partial charge in [0.25, 0.3) is 0 Å². The van der Waals surface area contributed by atoms with Gasteiger partial charge in [-0.15, -0.1) is 0 Å². The number of hydrogen-bond acceptors (Lipinski definition) is 3. The summed E-state index contributed by atoms with van der Waals surface area (Å²) < 4.78 is 0. The Morgan fingerprint density at radius 1 is 1.73 bits per heavy atom. The van der Waals surface area contributed by atoms with Crippen molar-refractivity contribution in [3.63, 3.8) is 0 Å². The Morgan fingerprint density at radius 3 is 3.00 bits per heavy atom. The highest BCUT2D eigenvalue weighted by Gasteiger charge is 2.21. The Balaban J connectivity index is 2.40. The standard InChI is InChI=1S/C8H18N2S/c1-7(5-9)10-3-4-11-6-8(10)2/h7-8H,3-6,9H2,1-2H3. The molecule has 2 atom stereocenters. The number of thioether (sulfide) groups is 1. The SMILES string of the molecule is CC(CN)N1CCSCC1C. The fourth-order valence-corrected chi connectivity index (χ4v) is 2.57. The summed E-state index contributed by atoms with van der Waals surface area (Å²) in [6.45, 7) is 6.50. The molecule has 1 heterocycles. The van der Waals surface area contributed by atoms with Crippen LogP contribution in [0.2, 0.25) is 0 Å². The molecule has 0 saturated carbocycles. The zero-order valence-electron chi connectivity index (χ0n) is 7.42. The van der Waals surface area contributed by atoms with Crippen LogP contribution in [0.3, 0.4) is 0 Å². The first kappa shape index (κ1) is 9.36. The van der Waals surface area contributed by atoms with Gasteiger partial charge in [0, 0.05) is 36.7 Å². The Hall–Kier alpha value is 0.270. The largest absolute Gasteiger partial charge is 0.329 e. The van der Waals surface area contributed by atoms with Crippen LogP contribution in [-0.2, 0) is 0 Å². The first-order chi connectivity index (χ1) is 5.25. The van der Waals surface area contributed by atoms with E-state index < -0.39 is 0 Å². The zero-order valence-corrected chi connectivity index (χ0v) is 8.23. The van der Waals surface area contributed by atoms with E-state index in [9.17, 15) is 0 Å². The maximum absolute atomic E-state index is 5.62. The van der Waals surface area contributed by atoms with Gasteiger partial charge in [0.15, 0.2) is 0 Å². The summed E-state index contributed by atoms with van der Waals surface area (Å²) in [5.41, 5.74) is 5.62. The van der Waals surface area contributed by atoms with Gasteiger partial charge in [-0.3, -0.25) is 4.90 Å². The smallest absolute Gasteiger partial charge is 0.0193 e. The Kier molecular flexibility index (Phi) is 3.69. The van der Waals surface area contributed by atoms with Gasteiger partial charge in [0.2, 0.25) is 0 Å². The number of rotatable bonds is 2. The first-order valence-corrected chi connectivity index (χ1v) is 5.44. The van der Waals surface area contributed by atoms with Crippen LogP contribution in [0.5, 0.6) is 0 Å². The summed E-state index contributed by atoms with van der Waals surface area (Å²) in [5, 5.41) is 0. The first-order valence-electron chi connectivity index (χ1n) is 4.29. The highest BCUT2D eigenvalue weighted by atomic mass is 32.2. The van der Waals surface area contributed by atoms with Crippen LogP contribution in [0.1, 0.15) is 13.8 Å². The van der Waals surface area contributed by atoms with E-state index in [1.807, 2.05) is 0 Å². The van der Waals surface area contributed by atoms with Crippen LogP contribution in [0, 0.1) is 0 Å². The van der Waals surface area contributed by atoms with Gasteiger partial charge in [-0.25, -0.2) is 0 Å². The number of nitrogens with two attached hydrogens (primary N) is 1. The topological polar surface area (TPSA) is 29.3 Å². The highest BCUT2D eigenvalue weighted by Crippen LogP contribution is 2.17. The Labute approximate surface area is 73.5 Å². The van der Waals surface area contributed by atoms with Crippen molar-refractivity contribution >= 4 is 11.8 Å². The molecule has 1 rings (SSSR count). The summed E-state index contributed by atoms with van der Waals surface area (Å²) >= 11 is 2.05. The maximum atomic E-state index is 5.62. The zero-order chi connectivity index (χ0) is 8.27. The van der Waals surface area contributed by atoms with E-state index in [1.165, 1.54) is 18.1 Å². The van der Waals surface area contributed by atoms with Crippen molar-refractivity contribution in [1.29, 1.82) is 0 Å². The van der Waals surface area contributed by atoms with E-state index in [-0.39, 0.29) is 0 Å². The second-order valence-corrected chi connectivity index (χ2v) is 4.40. The maximum Gasteiger partial charge on any atom is 0.0193 e. The van der Waals surface area contributed by atoms with Crippen LogP contribution < -0.4 is 5.73 Å². The van der Waals surface area contributed by atoms with Gasteiger partial charge in [0.1, 0.15) is 0 Å². The van der Waals surface area contributed by atoms with Crippen molar-refractivity contribution in [3.8, 4) is 0 Å². The van der Waals surface area contributed by atoms with Gasteiger partial charge in [0.05, 0.1) is 0 Å². The van der Waals surface area contributed by atoms with Crippen molar-refractivity contribution in [1.82, 2.24) is 4.90 Å². The fourth-order valence-electron chi connectivity index (χ4n) is 1.53. The third kappa shape index (κ3) is 2.36. The van der Waals surface area contributed by atoms with Crippen LogP contribution >= 0.6 is 11.8 Å². The molecular weight excluding hydrogens is 156 g/mol. The molecular formula is C8H18N2S. The Bertz CT molecular complexity index is 115. The van der Waals surface area contributed by atoms with Gasteiger partial charge in [-0.1, -0.05) is 0 Å². The quantitative estimate of drug-likeness (QED) is 0.670. The lowest BCUT2D eigenvalue weighted by Gasteiger charge is -2.37. The molecule has 0 spiro atoms.